The second-order valence-electron chi connectivity index (χ2n) is 4.69. The molecular weight excluding hydrogens is 260 g/mol. The molecule has 0 unspecified atom stereocenters. The summed E-state index contributed by atoms with van der Waals surface area (Å²) in [6.45, 7) is 5.63. The standard InChI is InChI=1S/C18H20N2O/c1-3-20(4-2)19-14-18(21)17-12-10-16(11-13-17)15-8-6-5-7-9-15/h5-14H,3-4H2,1-2H3. The van der Waals surface area contributed by atoms with Gasteiger partial charge in [0.25, 0.3) is 0 Å². The highest BCUT2D eigenvalue weighted by molar-refractivity contribution is 6.35. The summed E-state index contributed by atoms with van der Waals surface area (Å²) in [5, 5.41) is 6.02. The quantitative estimate of drug-likeness (QED) is 0.457. The molecule has 0 fully saturated rings. The van der Waals surface area contributed by atoms with Crippen LogP contribution in [0, 0.1) is 0 Å². The Kier molecular flexibility index (Phi) is 5.27. The van der Waals surface area contributed by atoms with E-state index >= 15 is 0 Å². The van der Waals surface area contributed by atoms with Crippen LogP contribution in [-0.4, -0.2) is 30.1 Å². The topological polar surface area (TPSA) is 32.7 Å². The average molecular weight is 280 g/mol. The van der Waals surface area contributed by atoms with E-state index in [1.165, 1.54) is 6.21 Å². The highest BCUT2D eigenvalue weighted by atomic mass is 16.1. The monoisotopic (exact) mass is 280 g/mol. The van der Waals surface area contributed by atoms with Gasteiger partial charge in [0.2, 0.25) is 5.78 Å². The maximum absolute atomic E-state index is 12.1. The van der Waals surface area contributed by atoms with Crippen LogP contribution in [0.2, 0.25) is 0 Å². The molecule has 21 heavy (non-hydrogen) atoms. The third-order valence-electron chi connectivity index (χ3n) is 3.34. The van der Waals surface area contributed by atoms with Crippen molar-refractivity contribution in [1.82, 2.24) is 5.01 Å². The molecule has 0 heterocycles. The molecular formula is C18H20N2O. The SMILES string of the molecule is CCN(CC)N=CC(=O)c1ccc(-c2ccccc2)cc1. The molecule has 3 nitrogen and oxygen atoms in total. The molecule has 2 aromatic carbocycles. The predicted molar refractivity (Wildman–Crippen MR) is 87.6 cm³/mol. The summed E-state index contributed by atoms with van der Waals surface area (Å²) in [5.74, 6) is -0.0680. The van der Waals surface area contributed by atoms with Crippen molar-refractivity contribution in [2.75, 3.05) is 13.1 Å². The zero-order chi connectivity index (χ0) is 15.1. The Balaban J connectivity index is 2.10. The molecule has 3 heteroatoms. The van der Waals surface area contributed by atoms with Crippen LogP contribution < -0.4 is 0 Å². The summed E-state index contributed by atoms with van der Waals surface area (Å²) in [7, 11) is 0. The number of hydrazone groups is 1. The molecule has 0 aliphatic carbocycles. The van der Waals surface area contributed by atoms with Crippen LogP contribution in [0.15, 0.2) is 59.7 Å². The lowest BCUT2D eigenvalue weighted by molar-refractivity contribution is 0.106. The summed E-state index contributed by atoms with van der Waals surface area (Å²) >= 11 is 0. The Morgan fingerprint density at radius 2 is 1.52 bits per heavy atom. The molecule has 0 radical (unpaired) electrons. The van der Waals surface area contributed by atoms with E-state index in [1.54, 1.807) is 0 Å². The zero-order valence-corrected chi connectivity index (χ0v) is 12.5. The fourth-order valence-corrected chi connectivity index (χ4v) is 2.05. The van der Waals surface area contributed by atoms with Gasteiger partial charge in [-0.25, -0.2) is 0 Å². The van der Waals surface area contributed by atoms with Gasteiger partial charge >= 0.3 is 0 Å². The van der Waals surface area contributed by atoms with Crippen molar-refractivity contribution < 1.29 is 4.79 Å². The molecule has 0 N–H and O–H groups in total. The van der Waals surface area contributed by atoms with Crippen LogP contribution in [0.3, 0.4) is 0 Å². The second-order valence-corrected chi connectivity index (χ2v) is 4.69. The summed E-state index contributed by atoms with van der Waals surface area (Å²) in [6.07, 6.45) is 1.39. The Hall–Kier alpha value is -2.42. The molecule has 2 aromatic rings. The number of carbonyl (C=O) groups excluding carboxylic acids is 1. The van der Waals surface area contributed by atoms with E-state index in [9.17, 15) is 4.79 Å². The van der Waals surface area contributed by atoms with E-state index in [0.29, 0.717) is 5.56 Å². The third-order valence-corrected chi connectivity index (χ3v) is 3.34. The summed E-state index contributed by atoms with van der Waals surface area (Å²) in [4.78, 5) is 12.1. The van der Waals surface area contributed by atoms with Gasteiger partial charge in [0, 0.05) is 18.7 Å². The minimum absolute atomic E-state index is 0.0680. The number of Topliss-reactive ketones (excluding diaryl/α,β-unsaturated/α-hetero) is 1. The van der Waals surface area contributed by atoms with Crippen molar-refractivity contribution in [3.8, 4) is 11.1 Å². The average Bonchev–Trinajstić information content (AvgIpc) is 2.56. The molecule has 108 valence electrons. The lowest BCUT2D eigenvalue weighted by atomic mass is 10.0. The predicted octanol–water partition coefficient (Wildman–Crippen LogP) is 3.86. The van der Waals surface area contributed by atoms with Crippen molar-refractivity contribution in [3.63, 3.8) is 0 Å². The molecule has 0 aromatic heterocycles. The van der Waals surface area contributed by atoms with Gasteiger partial charge in [-0.2, -0.15) is 5.10 Å². The highest BCUT2D eigenvalue weighted by Crippen LogP contribution is 2.19. The molecule has 0 saturated heterocycles. The maximum atomic E-state index is 12.1. The molecule has 0 saturated carbocycles. The number of benzene rings is 2. The number of carbonyl (C=O) groups is 1. The second kappa shape index (κ2) is 7.39. The fraction of sp³-hybridized carbons (Fsp3) is 0.222. The molecule has 0 spiro atoms. The minimum Gasteiger partial charge on any atom is -0.297 e. The van der Waals surface area contributed by atoms with Crippen molar-refractivity contribution in [2.24, 2.45) is 5.10 Å². The van der Waals surface area contributed by atoms with Gasteiger partial charge in [0.05, 0.1) is 6.21 Å². The maximum Gasteiger partial charge on any atom is 0.205 e. The molecule has 0 amide bonds. The van der Waals surface area contributed by atoms with Gasteiger partial charge < -0.3 is 0 Å². The van der Waals surface area contributed by atoms with Crippen molar-refractivity contribution in [2.45, 2.75) is 13.8 Å². The summed E-state index contributed by atoms with van der Waals surface area (Å²) in [5.41, 5.74) is 2.91. The largest absolute Gasteiger partial charge is 0.297 e. The van der Waals surface area contributed by atoms with E-state index in [0.717, 1.165) is 24.2 Å². The lowest BCUT2D eigenvalue weighted by Gasteiger charge is -2.12. The van der Waals surface area contributed by atoms with Gasteiger partial charge in [0.1, 0.15) is 0 Å². The van der Waals surface area contributed by atoms with Crippen LogP contribution in [0.5, 0.6) is 0 Å². The van der Waals surface area contributed by atoms with Crippen LogP contribution in [0.4, 0.5) is 0 Å². The van der Waals surface area contributed by atoms with Crippen molar-refractivity contribution in [3.05, 3.63) is 60.2 Å². The summed E-state index contributed by atoms with van der Waals surface area (Å²) in [6, 6.07) is 17.7. The van der Waals surface area contributed by atoms with E-state index < -0.39 is 0 Å². The van der Waals surface area contributed by atoms with Crippen LogP contribution in [0.1, 0.15) is 24.2 Å². The molecule has 0 bridgehead atoms. The smallest absolute Gasteiger partial charge is 0.205 e. The number of ketones is 1. The van der Waals surface area contributed by atoms with E-state index in [-0.39, 0.29) is 5.78 Å². The first-order chi connectivity index (χ1) is 10.2. The Labute approximate surface area is 125 Å². The fourth-order valence-electron chi connectivity index (χ4n) is 2.05. The summed E-state index contributed by atoms with van der Waals surface area (Å²) < 4.78 is 0. The van der Waals surface area contributed by atoms with Crippen LogP contribution in [0.25, 0.3) is 11.1 Å². The molecule has 0 aliphatic heterocycles. The number of rotatable bonds is 6. The normalized spacial score (nSPS) is 10.8. The van der Waals surface area contributed by atoms with E-state index in [2.05, 4.69) is 17.2 Å². The Bertz CT molecular complexity index is 599. The number of hydrogen-bond acceptors (Lipinski definition) is 3. The van der Waals surface area contributed by atoms with Crippen LogP contribution >= 0.6 is 0 Å². The lowest BCUT2D eigenvalue weighted by Crippen LogP contribution is -2.17. The first kappa shape index (κ1) is 15.0. The first-order valence-corrected chi connectivity index (χ1v) is 7.23. The van der Waals surface area contributed by atoms with Gasteiger partial charge in [-0.3, -0.25) is 9.80 Å². The van der Waals surface area contributed by atoms with Crippen molar-refractivity contribution in [1.29, 1.82) is 0 Å². The third kappa shape index (κ3) is 4.02. The first-order valence-electron chi connectivity index (χ1n) is 7.23. The van der Waals surface area contributed by atoms with Gasteiger partial charge in [-0.05, 0) is 25.0 Å². The zero-order valence-electron chi connectivity index (χ0n) is 12.5. The molecule has 2 rings (SSSR count). The van der Waals surface area contributed by atoms with Gasteiger partial charge in [-0.15, -0.1) is 0 Å². The molecule has 0 aliphatic rings. The van der Waals surface area contributed by atoms with E-state index in [1.807, 2.05) is 61.3 Å². The molecule has 0 atom stereocenters. The highest BCUT2D eigenvalue weighted by Gasteiger charge is 2.04. The Morgan fingerprint density at radius 1 is 0.952 bits per heavy atom. The van der Waals surface area contributed by atoms with Crippen LogP contribution in [-0.2, 0) is 0 Å². The van der Waals surface area contributed by atoms with Crippen molar-refractivity contribution >= 4 is 12.0 Å². The number of nitrogens with zero attached hydrogens (tertiary/aromatic N) is 2. The minimum atomic E-state index is -0.0680. The van der Waals surface area contributed by atoms with Gasteiger partial charge in [0.15, 0.2) is 0 Å². The Morgan fingerprint density at radius 3 is 2.10 bits per heavy atom. The number of hydrogen-bond donors (Lipinski definition) is 0. The van der Waals surface area contributed by atoms with Gasteiger partial charge in [-0.1, -0.05) is 54.6 Å². The van der Waals surface area contributed by atoms with E-state index in [4.69, 9.17) is 0 Å².